The minimum absolute atomic E-state index is 0.294. The number of para-hydroxylation sites is 1. The van der Waals surface area contributed by atoms with Crippen LogP contribution in [0.3, 0.4) is 0 Å². The third-order valence-electron chi connectivity index (χ3n) is 5.13. The van der Waals surface area contributed by atoms with Gasteiger partial charge in [0, 0.05) is 17.8 Å². The van der Waals surface area contributed by atoms with Crippen molar-refractivity contribution in [2.24, 2.45) is 0 Å². The van der Waals surface area contributed by atoms with Gasteiger partial charge < -0.3 is 10.1 Å². The van der Waals surface area contributed by atoms with E-state index in [4.69, 9.17) is 9.72 Å². The minimum atomic E-state index is -0.510. The number of methoxy groups -OCH3 is 1. The van der Waals surface area contributed by atoms with Crippen molar-refractivity contribution in [1.29, 1.82) is 0 Å². The second-order valence-corrected chi connectivity index (χ2v) is 7.50. The smallest absolute Gasteiger partial charge is 0.339 e. The van der Waals surface area contributed by atoms with Crippen molar-refractivity contribution in [2.45, 2.75) is 13.8 Å². The van der Waals surface area contributed by atoms with Gasteiger partial charge in [0.2, 0.25) is 5.91 Å². The number of anilines is 1. The summed E-state index contributed by atoms with van der Waals surface area (Å²) in [4.78, 5) is 29.4. The number of benzene rings is 2. The maximum Gasteiger partial charge on any atom is 0.339 e. The first kappa shape index (κ1) is 21.1. The van der Waals surface area contributed by atoms with E-state index in [9.17, 15) is 9.59 Å². The fourth-order valence-electron chi connectivity index (χ4n) is 3.46. The number of fused-ring (bicyclic) bond motifs is 1. The lowest BCUT2D eigenvalue weighted by atomic mass is 10.1. The van der Waals surface area contributed by atoms with E-state index in [1.54, 1.807) is 30.3 Å². The van der Waals surface area contributed by atoms with E-state index in [-0.39, 0.29) is 5.91 Å². The standard InChI is InChI=1S/C26H23N3O3/c1-17-8-10-19(11-9-17)25-22(29-15-14-18(2)16-23(29)28-25)12-13-24(30)27-21-7-5-4-6-20(21)26(31)32-3/h4-16H,1-3H3,(H,27,30)/b13-12+. The summed E-state index contributed by atoms with van der Waals surface area (Å²) in [5.41, 5.74) is 6.29. The zero-order valence-corrected chi connectivity index (χ0v) is 18.1. The summed E-state index contributed by atoms with van der Waals surface area (Å²) < 4.78 is 6.74. The molecule has 2 aromatic carbocycles. The van der Waals surface area contributed by atoms with Gasteiger partial charge in [-0.15, -0.1) is 0 Å². The molecule has 0 radical (unpaired) electrons. The van der Waals surface area contributed by atoms with Gasteiger partial charge in [-0.05, 0) is 49.8 Å². The monoisotopic (exact) mass is 425 g/mol. The van der Waals surface area contributed by atoms with E-state index in [0.717, 1.165) is 33.7 Å². The highest BCUT2D eigenvalue weighted by Gasteiger charge is 2.14. The molecule has 0 saturated carbocycles. The van der Waals surface area contributed by atoms with Crippen molar-refractivity contribution in [2.75, 3.05) is 12.4 Å². The molecule has 0 aliphatic rings. The molecule has 1 amide bonds. The highest BCUT2D eigenvalue weighted by atomic mass is 16.5. The Hall–Kier alpha value is -4.19. The lowest BCUT2D eigenvalue weighted by molar-refractivity contribution is -0.111. The summed E-state index contributed by atoms with van der Waals surface area (Å²) in [6.45, 7) is 4.05. The number of rotatable bonds is 5. The van der Waals surface area contributed by atoms with Gasteiger partial charge in [-0.25, -0.2) is 9.78 Å². The molecule has 0 fully saturated rings. The zero-order chi connectivity index (χ0) is 22.7. The van der Waals surface area contributed by atoms with Crippen LogP contribution >= 0.6 is 0 Å². The molecular weight excluding hydrogens is 402 g/mol. The first-order valence-corrected chi connectivity index (χ1v) is 10.2. The van der Waals surface area contributed by atoms with Crippen LogP contribution in [0, 0.1) is 13.8 Å². The van der Waals surface area contributed by atoms with Crippen molar-refractivity contribution in [3.63, 3.8) is 0 Å². The number of aromatic nitrogens is 2. The molecule has 0 spiro atoms. The number of pyridine rings is 1. The Morgan fingerprint density at radius 2 is 1.75 bits per heavy atom. The van der Waals surface area contributed by atoms with E-state index in [1.807, 2.05) is 60.8 Å². The van der Waals surface area contributed by atoms with Gasteiger partial charge in [-0.2, -0.15) is 0 Å². The summed E-state index contributed by atoms with van der Waals surface area (Å²) in [6, 6.07) is 18.8. The predicted octanol–water partition coefficient (Wildman–Crippen LogP) is 5.06. The Bertz CT molecular complexity index is 1330. The Morgan fingerprint density at radius 1 is 1.00 bits per heavy atom. The second-order valence-electron chi connectivity index (χ2n) is 7.50. The van der Waals surface area contributed by atoms with E-state index >= 15 is 0 Å². The Morgan fingerprint density at radius 3 is 2.50 bits per heavy atom. The summed E-state index contributed by atoms with van der Waals surface area (Å²) in [6.07, 6.45) is 5.12. The summed E-state index contributed by atoms with van der Waals surface area (Å²) >= 11 is 0. The third-order valence-corrected chi connectivity index (χ3v) is 5.13. The number of hydrogen-bond acceptors (Lipinski definition) is 4. The Labute approximate surface area is 186 Å². The number of hydrogen-bond donors (Lipinski definition) is 1. The molecule has 160 valence electrons. The maximum atomic E-state index is 12.7. The predicted molar refractivity (Wildman–Crippen MR) is 126 cm³/mol. The van der Waals surface area contributed by atoms with Gasteiger partial charge in [-0.1, -0.05) is 42.0 Å². The summed E-state index contributed by atoms with van der Waals surface area (Å²) in [5, 5.41) is 2.76. The molecule has 6 nitrogen and oxygen atoms in total. The molecule has 0 aliphatic carbocycles. The van der Waals surface area contributed by atoms with Gasteiger partial charge >= 0.3 is 5.97 Å². The average molecular weight is 425 g/mol. The number of esters is 1. The number of amides is 1. The number of nitrogens with zero attached hydrogens (tertiary/aromatic N) is 2. The van der Waals surface area contributed by atoms with Crippen molar-refractivity contribution >= 4 is 29.3 Å². The van der Waals surface area contributed by atoms with Gasteiger partial charge in [0.1, 0.15) is 5.65 Å². The van der Waals surface area contributed by atoms with Crippen LogP contribution in [0.1, 0.15) is 27.2 Å². The molecule has 0 bridgehead atoms. The molecule has 32 heavy (non-hydrogen) atoms. The van der Waals surface area contributed by atoms with Crippen LogP contribution in [0.2, 0.25) is 0 Å². The van der Waals surface area contributed by atoms with Crippen LogP contribution in [0.4, 0.5) is 5.69 Å². The molecule has 0 saturated heterocycles. The van der Waals surface area contributed by atoms with Crippen molar-refractivity contribution in [3.8, 4) is 11.3 Å². The zero-order valence-electron chi connectivity index (χ0n) is 18.1. The van der Waals surface area contributed by atoms with Gasteiger partial charge in [0.05, 0.1) is 29.7 Å². The highest BCUT2D eigenvalue weighted by Crippen LogP contribution is 2.26. The molecule has 2 heterocycles. The van der Waals surface area contributed by atoms with Crippen molar-refractivity contribution in [1.82, 2.24) is 9.38 Å². The van der Waals surface area contributed by atoms with Crippen molar-refractivity contribution < 1.29 is 14.3 Å². The molecular formula is C26H23N3O3. The van der Waals surface area contributed by atoms with E-state index < -0.39 is 5.97 Å². The first-order valence-electron chi connectivity index (χ1n) is 10.2. The van der Waals surface area contributed by atoms with E-state index in [0.29, 0.717) is 11.3 Å². The third kappa shape index (κ3) is 4.30. The van der Waals surface area contributed by atoms with Crippen LogP contribution in [0.25, 0.3) is 23.0 Å². The van der Waals surface area contributed by atoms with E-state index in [1.165, 1.54) is 13.2 Å². The lowest BCUT2D eigenvalue weighted by Crippen LogP contribution is -2.12. The van der Waals surface area contributed by atoms with E-state index in [2.05, 4.69) is 5.32 Å². The summed E-state index contributed by atoms with van der Waals surface area (Å²) in [5.74, 6) is -0.873. The largest absolute Gasteiger partial charge is 0.465 e. The number of nitrogens with one attached hydrogen (secondary N) is 1. The number of ether oxygens (including phenoxy) is 1. The first-order chi connectivity index (χ1) is 15.5. The number of aryl methyl sites for hydroxylation is 2. The van der Waals surface area contributed by atoms with Crippen LogP contribution in [0.15, 0.2) is 72.9 Å². The quantitative estimate of drug-likeness (QED) is 0.358. The number of carbonyl (C=O) groups excluding carboxylic acids is 2. The van der Waals surface area contributed by atoms with Crippen LogP contribution in [-0.4, -0.2) is 28.4 Å². The molecule has 4 aromatic rings. The van der Waals surface area contributed by atoms with Gasteiger partial charge in [-0.3, -0.25) is 9.20 Å². The lowest BCUT2D eigenvalue weighted by Gasteiger charge is -2.08. The number of imidazole rings is 1. The molecule has 0 aliphatic heterocycles. The Kier molecular flexibility index (Phi) is 5.85. The topological polar surface area (TPSA) is 72.7 Å². The SMILES string of the molecule is COC(=O)c1ccccc1NC(=O)/C=C/c1c(-c2ccc(C)cc2)nc2cc(C)ccn12. The van der Waals surface area contributed by atoms with Crippen molar-refractivity contribution in [3.05, 3.63) is 95.3 Å². The molecule has 1 N–H and O–H groups in total. The maximum absolute atomic E-state index is 12.7. The molecule has 0 atom stereocenters. The van der Waals surface area contributed by atoms with Crippen LogP contribution in [0.5, 0.6) is 0 Å². The second kappa shape index (κ2) is 8.89. The molecule has 4 rings (SSSR count). The van der Waals surface area contributed by atoms with Gasteiger partial charge in [0.15, 0.2) is 0 Å². The fraction of sp³-hybridized carbons (Fsp3) is 0.115. The average Bonchev–Trinajstić information content (AvgIpc) is 3.15. The van der Waals surface area contributed by atoms with Gasteiger partial charge in [0.25, 0.3) is 0 Å². The number of carbonyl (C=O) groups is 2. The highest BCUT2D eigenvalue weighted by molar-refractivity contribution is 6.06. The Balaban J connectivity index is 1.69. The minimum Gasteiger partial charge on any atom is -0.465 e. The molecule has 0 unspecified atom stereocenters. The molecule has 6 heteroatoms. The van der Waals surface area contributed by atoms with Crippen LogP contribution in [-0.2, 0) is 9.53 Å². The van der Waals surface area contributed by atoms with Crippen LogP contribution < -0.4 is 5.32 Å². The summed E-state index contributed by atoms with van der Waals surface area (Å²) in [7, 11) is 1.31. The molecule has 2 aromatic heterocycles. The normalized spacial score (nSPS) is 11.1. The fourth-order valence-corrected chi connectivity index (χ4v) is 3.46.